The topological polar surface area (TPSA) is 131 Å². The van der Waals surface area contributed by atoms with Crippen molar-refractivity contribution in [3.05, 3.63) is 23.8 Å². The summed E-state index contributed by atoms with van der Waals surface area (Å²) in [4.78, 5) is 23.8. The molecule has 1 aromatic rings. The summed E-state index contributed by atoms with van der Waals surface area (Å²) in [5.41, 5.74) is 0.909. The van der Waals surface area contributed by atoms with Gasteiger partial charge >= 0.3 is 11.9 Å². The number of hydrazine groups is 1. The maximum atomic E-state index is 12.2. The molecule has 8 heteroatoms. The van der Waals surface area contributed by atoms with E-state index in [0.29, 0.717) is 5.56 Å². The minimum atomic E-state index is -1.31. The molecule has 0 aliphatic heterocycles. The zero-order chi connectivity index (χ0) is 18.5. The fourth-order valence-electron chi connectivity index (χ4n) is 1.78. The van der Waals surface area contributed by atoms with Crippen LogP contribution in [0.25, 0.3) is 0 Å². The van der Waals surface area contributed by atoms with E-state index in [4.69, 9.17) is 15.3 Å². The van der Waals surface area contributed by atoms with Gasteiger partial charge in [-0.3, -0.25) is 10.6 Å². The molecule has 0 bridgehead atoms. The van der Waals surface area contributed by atoms with E-state index in [-0.39, 0.29) is 17.9 Å². The summed E-state index contributed by atoms with van der Waals surface area (Å²) < 4.78 is 9.83. The summed E-state index contributed by atoms with van der Waals surface area (Å²) in [6.45, 7) is 6.03. The van der Waals surface area contributed by atoms with Gasteiger partial charge in [0.2, 0.25) is 6.79 Å². The second-order valence-corrected chi connectivity index (χ2v) is 6.71. The van der Waals surface area contributed by atoms with Crippen molar-refractivity contribution < 1.29 is 29.3 Å². The van der Waals surface area contributed by atoms with Gasteiger partial charge in [-0.25, -0.2) is 10.2 Å². The Kier molecular flexibility index (Phi) is 6.16. The van der Waals surface area contributed by atoms with Crippen LogP contribution >= 0.6 is 0 Å². The lowest BCUT2D eigenvalue weighted by Gasteiger charge is -2.26. The molecule has 0 fully saturated rings. The number of carbonyl (C=O) groups excluding carboxylic acids is 2. The number of carbonyl (C=O) groups is 2. The highest BCUT2D eigenvalue weighted by atomic mass is 16.7. The van der Waals surface area contributed by atoms with Gasteiger partial charge in [0.15, 0.2) is 11.5 Å². The third kappa shape index (κ3) is 5.10. The summed E-state index contributed by atoms with van der Waals surface area (Å²) in [6.07, 6.45) is 0.0867. The van der Waals surface area contributed by atoms with Crippen LogP contribution in [0.5, 0.6) is 11.5 Å². The quantitative estimate of drug-likeness (QED) is 0.198. The molecule has 0 saturated carbocycles. The number of aromatic hydroxyl groups is 2. The molecule has 1 rings (SSSR count). The van der Waals surface area contributed by atoms with Gasteiger partial charge < -0.3 is 19.7 Å². The molecule has 0 aliphatic rings. The van der Waals surface area contributed by atoms with Crippen molar-refractivity contribution in [1.82, 2.24) is 5.43 Å². The van der Waals surface area contributed by atoms with E-state index in [0.717, 1.165) is 0 Å². The molecule has 1 atom stereocenters. The molecular formula is C16H24N2O6. The Morgan fingerprint density at radius 3 is 2.17 bits per heavy atom. The Balaban J connectivity index is 2.70. The van der Waals surface area contributed by atoms with Crippen molar-refractivity contribution in [3.8, 4) is 11.5 Å². The van der Waals surface area contributed by atoms with Crippen molar-refractivity contribution in [2.45, 2.75) is 39.7 Å². The molecule has 24 heavy (non-hydrogen) atoms. The Hall–Kier alpha value is -2.32. The number of phenolic OH excluding ortho intramolecular Hbond substituents is 2. The molecule has 0 spiro atoms. The number of benzene rings is 1. The minimum absolute atomic E-state index is 0.0867. The molecule has 134 valence electrons. The van der Waals surface area contributed by atoms with Gasteiger partial charge in [0.25, 0.3) is 0 Å². The van der Waals surface area contributed by atoms with Crippen LogP contribution in [0.15, 0.2) is 18.2 Å². The maximum absolute atomic E-state index is 12.2. The molecule has 5 N–H and O–H groups in total. The molecule has 0 aliphatic carbocycles. The SMILES string of the molecule is CC(C)(C)C(=O)OCOC(=O)C(C)(Cc1ccc(O)c(O)c1)NN. The first kappa shape index (κ1) is 19.7. The van der Waals surface area contributed by atoms with Crippen LogP contribution < -0.4 is 11.3 Å². The van der Waals surface area contributed by atoms with Gasteiger partial charge in [-0.15, -0.1) is 0 Å². The number of esters is 2. The second-order valence-electron chi connectivity index (χ2n) is 6.71. The summed E-state index contributed by atoms with van der Waals surface area (Å²) in [5.74, 6) is 3.66. The van der Waals surface area contributed by atoms with Gasteiger partial charge in [0.1, 0.15) is 5.54 Å². The van der Waals surface area contributed by atoms with Gasteiger partial charge in [-0.1, -0.05) is 6.07 Å². The minimum Gasteiger partial charge on any atom is -0.504 e. The summed E-state index contributed by atoms with van der Waals surface area (Å²) in [6, 6.07) is 4.16. The van der Waals surface area contributed by atoms with E-state index in [1.165, 1.54) is 25.1 Å². The number of ether oxygens (including phenoxy) is 2. The Labute approximate surface area is 140 Å². The maximum Gasteiger partial charge on any atom is 0.330 e. The zero-order valence-electron chi connectivity index (χ0n) is 14.3. The summed E-state index contributed by atoms with van der Waals surface area (Å²) in [5, 5.41) is 18.8. The van der Waals surface area contributed by atoms with E-state index < -0.39 is 29.7 Å². The molecule has 0 saturated heterocycles. The van der Waals surface area contributed by atoms with Crippen LogP contribution in [0, 0.1) is 5.41 Å². The fraction of sp³-hybridized carbons (Fsp3) is 0.500. The number of nitrogens with one attached hydrogen (secondary N) is 1. The largest absolute Gasteiger partial charge is 0.504 e. The molecule has 1 unspecified atom stereocenters. The standard InChI is InChI=1S/C16H24N2O6/c1-15(2,3)13(21)23-9-24-14(22)16(4,18-17)8-10-5-6-11(19)12(20)7-10/h5-7,18-20H,8-9,17H2,1-4H3. The first-order valence-electron chi connectivity index (χ1n) is 7.32. The zero-order valence-corrected chi connectivity index (χ0v) is 14.3. The first-order chi connectivity index (χ1) is 11.0. The molecule has 0 radical (unpaired) electrons. The normalized spacial score (nSPS) is 13.9. The number of hydrogen-bond acceptors (Lipinski definition) is 8. The third-order valence-corrected chi connectivity index (χ3v) is 3.36. The Morgan fingerprint density at radius 2 is 1.67 bits per heavy atom. The lowest BCUT2D eigenvalue weighted by molar-refractivity contribution is -0.176. The van der Waals surface area contributed by atoms with Crippen LogP contribution in [0.2, 0.25) is 0 Å². The van der Waals surface area contributed by atoms with Crippen LogP contribution in [0.3, 0.4) is 0 Å². The van der Waals surface area contributed by atoms with E-state index in [2.05, 4.69) is 5.43 Å². The second kappa shape index (κ2) is 7.50. The van der Waals surface area contributed by atoms with Crippen LogP contribution in [0.4, 0.5) is 0 Å². The first-order valence-corrected chi connectivity index (χ1v) is 7.32. The molecule has 1 aromatic carbocycles. The van der Waals surface area contributed by atoms with Crippen molar-refractivity contribution in [2.75, 3.05) is 6.79 Å². The third-order valence-electron chi connectivity index (χ3n) is 3.36. The predicted octanol–water partition coefficient (Wildman–Crippen LogP) is 0.952. The van der Waals surface area contributed by atoms with Gasteiger partial charge in [0.05, 0.1) is 5.41 Å². The van der Waals surface area contributed by atoms with Crippen molar-refractivity contribution in [3.63, 3.8) is 0 Å². The highest BCUT2D eigenvalue weighted by Gasteiger charge is 2.35. The van der Waals surface area contributed by atoms with Gasteiger partial charge in [0, 0.05) is 6.42 Å². The number of rotatable bonds is 6. The Morgan fingerprint density at radius 1 is 1.08 bits per heavy atom. The lowest BCUT2D eigenvalue weighted by Crippen LogP contribution is -2.55. The van der Waals surface area contributed by atoms with Crippen LogP contribution in [-0.2, 0) is 25.5 Å². The molecule has 0 amide bonds. The highest BCUT2D eigenvalue weighted by Crippen LogP contribution is 2.27. The number of phenols is 2. The van der Waals surface area contributed by atoms with E-state index in [9.17, 15) is 19.8 Å². The molecule has 0 aromatic heterocycles. The average molecular weight is 340 g/mol. The van der Waals surface area contributed by atoms with Crippen molar-refractivity contribution in [1.29, 1.82) is 0 Å². The average Bonchev–Trinajstić information content (AvgIpc) is 2.49. The van der Waals surface area contributed by atoms with Crippen molar-refractivity contribution in [2.24, 2.45) is 11.3 Å². The summed E-state index contributed by atoms with van der Waals surface area (Å²) in [7, 11) is 0. The van der Waals surface area contributed by atoms with Gasteiger partial charge in [-0.05, 0) is 45.4 Å². The van der Waals surface area contributed by atoms with Crippen molar-refractivity contribution >= 4 is 11.9 Å². The molecule has 0 heterocycles. The van der Waals surface area contributed by atoms with Gasteiger partial charge in [-0.2, -0.15) is 0 Å². The predicted molar refractivity (Wildman–Crippen MR) is 85.7 cm³/mol. The van der Waals surface area contributed by atoms with E-state index >= 15 is 0 Å². The van der Waals surface area contributed by atoms with Crippen LogP contribution in [0.1, 0.15) is 33.3 Å². The van der Waals surface area contributed by atoms with E-state index in [1.54, 1.807) is 20.8 Å². The molecule has 8 nitrogen and oxygen atoms in total. The highest BCUT2D eigenvalue weighted by molar-refractivity contribution is 5.81. The smallest absolute Gasteiger partial charge is 0.330 e. The lowest BCUT2D eigenvalue weighted by atomic mass is 9.93. The monoisotopic (exact) mass is 340 g/mol. The fourth-order valence-corrected chi connectivity index (χ4v) is 1.78. The van der Waals surface area contributed by atoms with Crippen LogP contribution in [-0.4, -0.2) is 34.5 Å². The molecular weight excluding hydrogens is 316 g/mol. The number of nitrogens with two attached hydrogens (primary N) is 1. The van der Waals surface area contributed by atoms with E-state index in [1.807, 2.05) is 0 Å². The summed E-state index contributed by atoms with van der Waals surface area (Å²) >= 11 is 0. The Bertz CT molecular complexity index is 611. The number of hydrogen-bond donors (Lipinski definition) is 4.